The van der Waals surface area contributed by atoms with Gasteiger partial charge in [-0.1, -0.05) is 0 Å². The number of ether oxygens (including phenoxy) is 16. The predicted molar refractivity (Wildman–Crippen MR) is 287 cm³/mol. The average Bonchev–Trinajstić information content (AvgIpc) is 0.811. The Labute approximate surface area is 529 Å². The molecule has 35 unspecified atom stereocenters. The van der Waals surface area contributed by atoms with Crippen LogP contribution in [0.4, 0.5) is 0 Å². The molecular formula is C50H86O41S2. The van der Waals surface area contributed by atoms with Gasteiger partial charge in [0.05, 0.1) is 57.8 Å². The molecule has 0 aliphatic carbocycles. The van der Waals surface area contributed by atoms with Crippen molar-refractivity contribution >= 4 is 20.2 Å². The quantitative estimate of drug-likeness (QED) is 0.0422. The third-order valence-corrected chi connectivity index (χ3v) is 18.5. The fourth-order valence-corrected chi connectivity index (χ4v) is 12.9. The maximum Gasteiger partial charge on any atom is 0.264 e. The molecule has 0 saturated carbocycles. The smallest absolute Gasteiger partial charge is 0.264 e. The third-order valence-electron chi connectivity index (χ3n) is 16.9. The van der Waals surface area contributed by atoms with Crippen LogP contribution in [-0.4, -0.2) is 409 Å². The molecule has 0 amide bonds. The summed E-state index contributed by atoms with van der Waals surface area (Å²) in [6.07, 6.45) is -72.6. The lowest BCUT2D eigenvalue weighted by Crippen LogP contribution is -2.68. The van der Waals surface area contributed by atoms with Crippen LogP contribution < -0.4 is 0 Å². The summed E-state index contributed by atoms with van der Waals surface area (Å²) < 4.78 is 157. The molecule has 14 bridgehead atoms. The van der Waals surface area contributed by atoms with Crippen molar-refractivity contribution in [2.75, 3.05) is 71.0 Å². The minimum Gasteiger partial charge on any atom is -0.394 e. The summed E-state index contributed by atoms with van der Waals surface area (Å²) in [5, 5.41) is 215. The predicted octanol–water partition coefficient (Wildman–Crippen LogP) is -13.8. The highest BCUT2D eigenvalue weighted by molar-refractivity contribution is 7.86. The molecule has 544 valence electrons. The summed E-state index contributed by atoms with van der Waals surface area (Å²) in [5.74, 6) is -1.32. The van der Waals surface area contributed by atoms with E-state index in [2.05, 4.69) is 0 Å². The van der Waals surface area contributed by atoms with E-state index in [0.29, 0.717) is 0 Å². The van der Waals surface area contributed by atoms with Gasteiger partial charge in [0, 0.05) is 13.2 Å². The van der Waals surface area contributed by atoms with Crippen molar-refractivity contribution in [1.82, 2.24) is 0 Å². The minimum atomic E-state index is -4.38. The van der Waals surface area contributed by atoms with Gasteiger partial charge < -0.3 is 173 Å². The maximum absolute atomic E-state index is 11.7. The second-order valence-electron chi connectivity index (χ2n) is 23.4. The van der Waals surface area contributed by atoms with Crippen LogP contribution in [0, 0.1) is 0 Å². The lowest BCUT2D eigenvalue weighted by Gasteiger charge is -2.50. The second-order valence-corrected chi connectivity index (χ2v) is 26.6. The zero-order chi connectivity index (χ0) is 68.1. The summed E-state index contributed by atoms with van der Waals surface area (Å²) >= 11 is 0. The molecule has 21 rings (SSSR count). The Balaban J connectivity index is 1.10. The monoisotopic (exact) mass is 1410 g/mol. The Morgan fingerprint density at radius 2 is 0.419 bits per heavy atom. The molecule has 0 aromatic heterocycles. The lowest BCUT2D eigenvalue weighted by atomic mass is 9.95. The van der Waals surface area contributed by atoms with Crippen molar-refractivity contribution < 1.29 is 199 Å². The zero-order valence-corrected chi connectivity index (χ0v) is 50.8. The topological polar surface area (TPSA) is 641 Å². The number of hydrogen-bond acceptors (Lipinski definition) is 39. The minimum absolute atomic E-state index is 0.0101. The molecule has 21 N–H and O–H groups in total. The molecule has 21 heterocycles. The van der Waals surface area contributed by atoms with Crippen molar-refractivity contribution in [3.63, 3.8) is 0 Å². The van der Waals surface area contributed by atoms with Crippen molar-refractivity contribution in [3.05, 3.63) is 0 Å². The number of hydrogen-bond donors (Lipinski definition) is 21. The average molecular weight is 1410 g/mol. The van der Waals surface area contributed by atoms with Crippen LogP contribution in [0.2, 0.25) is 0 Å². The lowest BCUT2D eigenvalue weighted by molar-refractivity contribution is -0.397. The first-order valence-electron chi connectivity index (χ1n) is 29.8. The highest BCUT2D eigenvalue weighted by Gasteiger charge is 2.60. The van der Waals surface area contributed by atoms with Gasteiger partial charge in [-0.2, -0.15) is 16.8 Å². The molecule has 0 radical (unpaired) electrons. The van der Waals surface area contributed by atoms with Gasteiger partial charge >= 0.3 is 0 Å². The Morgan fingerprint density at radius 1 is 0.247 bits per heavy atom. The summed E-state index contributed by atoms with van der Waals surface area (Å²) in [4.78, 5) is 0. The van der Waals surface area contributed by atoms with Crippen molar-refractivity contribution in [2.24, 2.45) is 0 Å². The summed E-state index contributed by atoms with van der Waals surface area (Å²) in [6, 6.07) is 0. The van der Waals surface area contributed by atoms with Crippen LogP contribution in [0.1, 0.15) is 25.7 Å². The number of aliphatic hydroxyl groups is 19. The maximum atomic E-state index is 11.7. The van der Waals surface area contributed by atoms with E-state index in [0.717, 1.165) is 0 Å². The van der Waals surface area contributed by atoms with Gasteiger partial charge in [-0.15, -0.1) is 0 Å². The highest BCUT2D eigenvalue weighted by atomic mass is 32.2. The third kappa shape index (κ3) is 18.3. The van der Waals surface area contributed by atoms with E-state index in [1.807, 2.05) is 0 Å². The van der Waals surface area contributed by atoms with Crippen molar-refractivity contribution in [1.29, 1.82) is 0 Å². The normalized spacial score (nSPS) is 48.2. The van der Waals surface area contributed by atoms with E-state index in [-0.39, 0.29) is 38.9 Å². The molecule has 43 heteroatoms. The SMILES string of the molecule is O=S(=O)(O)CCCCOCC1OC2OC3C(CO)OC(OC4C(CO)OC(OC5C(COCCCCS(=O)(=O)O)OC(OC6C(CO)OC(OC7C(CO)OC(OC8C(CO)OC(OC1C(O)C2O)C(O)C8O)C(O)C7O)C(O)C6O)C(O)C5O)C(O)C4O)C(O)C3O. The molecule has 0 aromatic rings. The Hall–Kier alpha value is -1.58. The zero-order valence-electron chi connectivity index (χ0n) is 49.2. The van der Waals surface area contributed by atoms with Gasteiger partial charge in [-0.3, -0.25) is 9.11 Å². The van der Waals surface area contributed by atoms with Gasteiger partial charge in [0.15, 0.2) is 44.0 Å². The van der Waals surface area contributed by atoms with Gasteiger partial charge in [0.2, 0.25) is 0 Å². The molecular weight excluding hydrogens is 1320 g/mol. The number of rotatable bonds is 19. The molecule has 21 saturated heterocycles. The fourth-order valence-electron chi connectivity index (χ4n) is 11.8. The van der Waals surface area contributed by atoms with E-state index in [9.17, 15) is 123 Å². The largest absolute Gasteiger partial charge is 0.394 e. The summed E-state index contributed by atoms with van der Waals surface area (Å²) in [5.41, 5.74) is 0. The molecule has 0 spiro atoms. The van der Waals surface area contributed by atoms with Crippen LogP contribution in [0.15, 0.2) is 0 Å². The first kappa shape index (κ1) is 77.2. The van der Waals surface area contributed by atoms with E-state index < -0.39 is 293 Å². The molecule has 0 aromatic carbocycles. The molecule has 41 nitrogen and oxygen atoms in total. The standard InChI is InChI=1S/C50H86O41S2/c51-9-16-37-23(56)30(63)44(78-16)86-38-17(10-52)81-47(33(66)26(38)59)90-42-21(14-76-5-1-3-7-92(70,71)72)84-50(36(69)29(42)62)89-41-20(13-55)80-46(32(65)25(41)58)87-39-18(11-53)82-48(34(67)27(39)60)91-43-22(15-77-6-2-4-8-93(73,74)75)83-49(35(68)28(43)61)88-40-19(12-54)79-45(85-37)31(64)24(40)57/h16-69H,1-15H2,(H,70,71,72)(H,73,74,75). The van der Waals surface area contributed by atoms with Crippen molar-refractivity contribution in [3.8, 4) is 0 Å². The molecule has 21 aliphatic heterocycles. The van der Waals surface area contributed by atoms with Crippen LogP contribution in [-0.2, 0) is 96.0 Å². The molecule has 35 atom stereocenters. The van der Waals surface area contributed by atoms with Crippen LogP contribution in [0.25, 0.3) is 0 Å². The van der Waals surface area contributed by atoms with Crippen molar-refractivity contribution in [2.45, 2.75) is 241 Å². The summed E-state index contributed by atoms with van der Waals surface area (Å²) in [6.45, 7) is -7.38. The van der Waals surface area contributed by atoms with Gasteiger partial charge in [0.1, 0.15) is 171 Å². The van der Waals surface area contributed by atoms with E-state index in [4.69, 9.17) is 75.8 Å². The fraction of sp³-hybridized carbons (Fsp3) is 1.00. The van der Waals surface area contributed by atoms with Crippen LogP contribution in [0.3, 0.4) is 0 Å². The Kier molecular flexibility index (Phi) is 28.0. The van der Waals surface area contributed by atoms with Gasteiger partial charge in [0.25, 0.3) is 20.2 Å². The van der Waals surface area contributed by atoms with Crippen LogP contribution >= 0.6 is 0 Å². The van der Waals surface area contributed by atoms with E-state index in [1.54, 1.807) is 0 Å². The Bertz CT molecular complexity index is 2440. The summed E-state index contributed by atoms with van der Waals surface area (Å²) in [7, 11) is -8.77. The van der Waals surface area contributed by atoms with Gasteiger partial charge in [-0.05, 0) is 25.7 Å². The molecule has 93 heavy (non-hydrogen) atoms. The highest BCUT2D eigenvalue weighted by Crippen LogP contribution is 2.39. The Morgan fingerprint density at radius 3 is 0.591 bits per heavy atom. The van der Waals surface area contributed by atoms with E-state index in [1.165, 1.54) is 0 Å². The first-order chi connectivity index (χ1) is 43.9. The second kappa shape index (κ2) is 33.7. The van der Waals surface area contributed by atoms with Crippen LogP contribution in [0.5, 0.6) is 0 Å². The molecule has 21 aliphatic rings. The number of unbranched alkanes of at least 4 members (excludes halogenated alkanes) is 2. The van der Waals surface area contributed by atoms with E-state index >= 15 is 0 Å². The van der Waals surface area contributed by atoms with Gasteiger partial charge in [-0.25, -0.2) is 0 Å². The number of aliphatic hydroxyl groups excluding tert-OH is 19. The first-order valence-corrected chi connectivity index (χ1v) is 33.0. The molecule has 21 fully saturated rings.